The summed E-state index contributed by atoms with van der Waals surface area (Å²) in [6.07, 6.45) is 4.36. The third-order valence-electron chi connectivity index (χ3n) is 5.42. The van der Waals surface area contributed by atoms with Crippen LogP contribution in [0.3, 0.4) is 0 Å². The molecule has 2 aromatic carbocycles. The van der Waals surface area contributed by atoms with Gasteiger partial charge in [-0.2, -0.15) is 5.26 Å². The highest BCUT2D eigenvalue weighted by atomic mass is 16.2. The maximum Gasteiger partial charge on any atom is 0.227 e. The summed E-state index contributed by atoms with van der Waals surface area (Å²) < 4.78 is 2.04. The lowest BCUT2D eigenvalue weighted by atomic mass is 10.1. The number of amides is 1. The van der Waals surface area contributed by atoms with Crippen molar-refractivity contribution in [1.82, 2.24) is 14.4 Å². The number of aromatic nitrogens is 1. The average molecular weight is 384 g/mol. The lowest BCUT2D eigenvalue weighted by Gasteiger charge is -2.38. The smallest absolute Gasteiger partial charge is 0.227 e. The first-order chi connectivity index (χ1) is 14.2. The molecule has 146 valence electrons. The number of hydrogen-bond acceptors (Lipinski definition) is 3. The molecule has 1 amide bonds. The number of nitrogens with zero attached hydrogens (tertiary/aromatic N) is 4. The molecule has 1 saturated heterocycles. The number of hydrogen-bond donors (Lipinski definition) is 0. The van der Waals surface area contributed by atoms with Crippen LogP contribution in [0.5, 0.6) is 0 Å². The minimum absolute atomic E-state index is 0.0818. The maximum atomic E-state index is 12.8. The van der Waals surface area contributed by atoms with Gasteiger partial charge in [-0.15, -0.1) is 0 Å². The van der Waals surface area contributed by atoms with Crippen molar-refractivity contribution >= 4 is 5.91 Å². The highest BCUT2D eigenvalue weighted by Gasteiger charge is 2.29. The van der Waals surface area contributed by atoms with Gasteiger partial charge in [-0.05, 0) is 35.4 Å². The average Bonchev–Trinajstić information content (AvgIpc) is 3.30. The van der Waals surface area contributed by atoms with E-state index in [2.05, 4.69) is 23.1 Å². The second-order valence-corrected chi connectivity index (χ2v) is 7.37. The fourth-order valence-corrected chi connectivity index (χ4v) is 3.76. The number of piperazine rings is 1. The molecule has 3 aromatic rings. The Morgan fingerprint density at radius 1 is 0.931 bits per heavy atom. The molecule has 2 heterocycles. The predicted molar refractivity (Wildman–Crippen MR) is 112 cm³/mol. The molecule has 0 radical (unpaired) electrons. The second kappa shape index (κ2) is 8.76. The molecule has 0 N–H and O–H groups in total. The topological polar surface area (TPSA) is 52.3 Å². The maximum absolute atomic E-state index is 12.8. The zero-order valence-corrected chi connectivity index (χ0v) is 16.3. The molecule has 1 unspecified atom stereocenters. The first kappa shape index (κ1) is 19.0. The lowest BCUT2D eigenvalue weighted by molar-refractivity contribution is -0.133. The second-order valence-electron chi connectivity index (χ2n) is 7.37. The molecular formula is C24H24N4O. The van der Waals surface area contributed by atoms with Gasteiger partial charge in [0.05, 0.1) is 12.5 Å². The summed E-state index contributed by atoms with van der Waals surface area (Å²) in [5.41, 5.74) is 3.26. The van der Waals surface area contributed by atoms with Gasteiger partial charge in [0.15, 0.2) is 0 Å². The number of benzene rings is 2. The summed E-state index contributed by atoms with van der Waals surface area (Å²) >= 11 is 0. The van der Waals surface area contributed by atoms with E-state index < -0.39 is 0 Å². The zero-order valence-electron chi connectivity index (χ0n) is 16.3. The molecule has 1 aliphatic rings. The molecule has 1 fully saturated rings. The number of nitriles is 1. The SMILES string of the molecule is N#CC1CN(C(=O)Cc2ccc(-n3cccc3)cc2)CCN1Cc1ccccc1. The van der Waals surface area contributed by atoms with Crippen LogP contribution in [0, 0.1) is 11.3 Å². The van der Waals surface area contributed by atoms with Crippen LogP contribution in [-0.4, -0.2) is 46.0 Å². The monoisotopic (exact) mass is 384 g/mol. The summed E-state index contributed by atoms with van der Waals surface area (Å²) in [5, 5.41) is 9.62. The Morgan fingerprint density at radius 3 is 2.34 bits per heavy atom. The van der Waals surface area contributed by atoms with Crippen molar-refractivity contribution in [2.75, 3.05) is 19.6 Å². The summed E-state index contributed by atoms with van der Waals surface area (Å²) in [6.45, 7) is 2.57. The summed E-state index contributed by atoms with van der Waals surface area (Å²) in [7, 11) is 0. The van der Waals surface area contributed by atoms with Crippen LogP contribution in [0.15, 0.2) is 79.1 Å². The molecule has 1 aromatic heterocycles. The van der Waals surface area contributed by atoms with Crippen molar-refractivity contribution in [3.8, 4) is 11.8 Å². The quantitative estimate of drug-likeness (QED) is 0.679. The fourth-order valence-electron chi connectivity index (χ4n) is 3.76. The van der Waals surface area contributed by atoms with Gasteiger partial charge in [0, 0.05) is 44.3 Å². The third-order valence-corrected chi connectivity index (χ3v) is 5.42. The van der Waals surface area contributed by atoms with Gasteiger partial charge in [0.2, 0.25) is 5.91 Å². The standard InChI is InChI=1S/C24H24N4O/c25-17-23-19-28(15-14-27(23)18-21-6-2-1-3-7-21)24(29)16-20-8-10-22(11-9-20)26-12-4-5-13-26/h1-13,23H,14-16,18-19H2. The van der Waals surface area contributed by atoms with E-state index in [4.69, 9.17) is 0 Å². The molecule has 1 aliphatic heterocycles. The van der Waals surface area contributed by atoms with Gasteiger partial charge in [-0.1, -0.05) is 42.5 Å². The minimum Gasteiger partial charge on any atom is -0.338 e. The molecule has 4 rings (SSSR count). The highest BCUT2D eigenvalue weighted by molar-refractivity contribution is 5.79. The van der Waals surface area contributed by atoms with Crippen LogP contribution in [0.25, 0.3) is 5.69 Å². The molecule has 5 heteroatoms. The van der Waals surface area contributed by atoms with Crippen molar-refractivity contribution in [3.63, 3.8) is 0 Å². The van der Waals surface area contributed by atoms with Gasteiger partial charge in [-0.25, -0.2) is 0 Å². The van der Waals surface area contributed by atoms with Crippen LogP contribution in [0.4, 0.5) is 0 Å². The van der Waals surface area contributed by atoms with E-state index in [1.165, 1.54) is 5.56 Å². The van der Waals surface area contributed by atoms with E-state index in [0.29, 0.717) is 26.1 Å². The molecule has 0 saturated carbocycles. The summed E-state index contributed by atoms with van der Waals surface area (Å²) in [5.74, 6) is 0.0818. The number of carbonyl (C=O) groups is 1. The number of rotatable bonds is 5. The first-order valence-corrected chi connectivity index (χ1v) is 9.90. The van der Waals surface area contributed by atoms with Crippen LogP contribution in [-0.2, 0) is 17.8 Å². The fraction of sp³-hybridized carbons (Fsp3) is 0.250. The van der Waals surface area contributed by atoms with Crippen LogP contribution in [0.1, 0.15) is 11.1 Å². The van der Waals surface area contributed by atoms with Gasteiger partial charge in [0.1, 0.15) is 6.04 Å². The van der Waals surface area contributed by atoms with Crippen LogP contribution >= 0.6 is 0 Å². The van der Waals surface area contributed by atoms with E-state index in [1.54, 1.807) is 0 Å². The van der Waals surface area contributed by atoms with Gasteiger partial charge >= 0.3 is 0 Å². The van der Waals surface area contributed by atoms with Crippen LogP contribution < -0.4 is 0 Å². The lowest BCUT2D eigenvalue weighted by Crippen LogP contribution is -2.54. The zero-order chi connectivity index (χ0) is 20.1. The van der Waals surface area contributed by atoms with Crippen molar-refractivity contribution in [2.45, 2.75) is 19.0 Å². The molecule has 0 bridgehead atoms. The minimum atomic E-state index is -0.274. The Kier molecular flexibility index (Phi) is 5.73. The number of carbonyl (C=O) groups excluding carboxylic acids is 1. The Labute approximate surface area is 171 Å². The van der Waals surface area contributed by atoms with Gasteiger partial charge < -0.3 is 9.47 Å². The molecule has 29 heavy (non-hydrogen) atoms. The Hall–Kier alpha value is -3.36. The van der Waals surface area contributed by atoms with Gasteiger partial charge in [-0.3, -0.25) is 9.69 Å². The van der Waals surface area contributed by atoms with E-state index in [9.17, 15) is 10.1 Å². The Morgan fingerprint density at radius 2 is 1.66 bits per heavy atom. The largest absolute Gasteiger partial charge is 0.338 e. The van der Waals surface area contributed by atoms with Crippen molar-refractivity contribution < 1.29 is 4.79 Å². The van der Waals surface area contributed by atoms with Crippen molar-refractivity contribution in [3.05, 3.63) is 90.3 Å². The first-order valence-electron chi connectivity index (χ1n) is 9.90. The van der Waals surface area contributed by atoms with E-state index in [0.717, 1.165) is 17.8 Å². The van der Waals surface area contributed by atoms with Crippen LogP contribution in [0.2, 0.25) is 0 Å². The predicted octanol–water partition coefficient (Wildman–Crippen LogP) is 3.26. The molecule has 5 nitrogen and oxygen atoms in total. The highest BCUT2D eigenvalue weighted by Crippen LogP contribution is 2.16. The Bertz CT molecular complexity index is 974. The van der Waals surface area contributed by atoms with Crippen molar-refractivity contribution in [2.24, 2.45) is 0 Å². The van der Waals surface area contributed by atoms with E-state index in [1.807, 2.05) is 76.5 Å². The Balaban J connectivity index is 1.35. The molecule has 1 atom stereocenters. The normalized spacial score (nSPS) is 17.1. The van der Waals surface area contributed by atoms with Crippen molar-refractivity contribution in [1.29, 1.82) is 5.26 Å². The summed E-state index contributed by atoms with van der Waals surface area (Å²) in [6, 6.07) is 24.3. The molecular weight excluding hydrogens is 360 g/mol. The molecule has 0 aliphatic carbocycles. The third kappa shape index (κ3) is 4.56. The van der Waals surface area contributed by atoms with E-state index in [-0.39, 0.29) is 11.9 Å². The summed E-state index contributed by atoms with van der Waals surface area (Å²) in [4.78, 5) is 16.8. The van der Waals surface area contributed by atoms with Gasteiger partial charge in [0.25, 0.3) is 0 Å². The molecule has 0 spiro atoms. The van der Waals surface area contributed by atoms with E-state index >= 15 is 0 Å².